The van der Waals surface area contributed by atoms with Crippen LogP contribution in [0.4, 0.5) is 22.2 Å². The number of anilines is 3. The molecule has 190 valence electrons. The Labute approximate surface area is 211 Å². The number of rotatable bonds is 7. The van der Waals surface area contributed by atoms with E-state index >= 15 is 0 Å². The minimum absolute atomic E-state index is 0.0922. The van der Waals surface area contributed by atoms with Crippen molar-refractivity contribution in [2.75, 3.05) is 43.8 Å². The molecule has 1 saturated carbocycles. The van der Waals surface area contributed by atoms with Crippen LogP contribution in [-0.4, -0.2) is 56.4 Å². The fourth-order valence-corrected chi connectivity index (χ4v) is 5.12. The van der Waals surface area contributed by atoms with Gasteiger partial charge in [-0.3, -0.25) is 0 Å². The monoisotopic (exact) mass is 502 g/mol. The number of carbonyl (C=O) groups is 1. The zero-order chi connectivity index (χ0) is 24.9. The van der Waals surface area contributed by atoms with Gasteiger partial charge in [0.05, 0.1) is 30.6 Å². The molecule has 2 aliphatic carbocycles. The lowest BCUT2D eigenvalue weighted by molar-refractivity contribution is 0.243. The molecule has 0 unspecified atom stereocenters. The minimum Gasteiger partial charge on any atom is -0.495 e. The minimum atomic E-state index is -0.283. The number of hydrogen-bond donors (Lipinski definition) is 3. The summed E-state index contributed by atoms with van der Waals surface area (Å²) < 4.78 is 10.6. The predicted molar refractivity (Wildman–Crippen MR) is 139 cm³/mol. The molecule has 35 heavy (non-hydrogen) atoms. The van der Waals surface area contributed by atoms with Crippen LogP contribution >= 0.6 is 11.6 Å². The third kappa shape index (κ3) is 6.01. The smallest absolute Gasteiger partial charge is 0.319 e. The Morgan fingerprint density at radius 1 is 1.00 bits per heavy atom. The van der Waals surface area contributed by atoms with Crippen LogP contribution in [-0.2, 0) is 12.8 Å². The number of nitrogens with one attached hydrogen (secondary N) is 3. The molecule has 0 atom stereocenters. The van der Waals surface area contributed by atoms with Crippen molar-refractivity contribution >= 4 is 35.1 Å². The summed E-state index contributed by atoms with van der Waals surface area (Å²) >= 11 is 6.21. The van der Waals surface area contributed by atoms with Crippen molar-refractivity contribution in [3.05, 3.63) is 28.4 Å². The maximum Gasteiger partial charge on any atom is 0.319 e. The molecule has 9 nitrogen and oxygen atoms in total. The number of halogens is 1. The van der Waals surface area contributed by atoms with Crippen LogP contribution in [0.5, 0.6) is 11.5 Å². The summed E-state index contributed by atoms with van der Waals surface area (Å²) in [7, 11) is 7.15. The Bertz CT molecular complexity index is 1060. The van der Waals surface area contributed by atoms with Crippen LogP contribution in [0.15, 0.2) is 12.1 Å². The van der Waals surface area contributed by atoms with Gasteiger partial charge in [-0.25, -0.2) is 9.78 Å². The summed E-state index contributed by atoms with van der Waals surface area (Å²) in [5.74, 6) is 2.71. The van der Waals surface area contributed by atoms with E-state index in [9.17, 15) is 4.79 Å². The molecule has 0 spiro atoms. The first kappa shape index (κ1) is 25.2. The first-order valence-corrected chi connectivity index (χ1v) is 12.6. The highest BCUT2D eigenvalue weighted by Crippen LogP contribution is 2.36. The van der Waals surface area contributed by atoms with Gasteiger partial charge in [-0.1, -0.05) is 11.6 Å². The molecule has 0 saturated heterocycles. The molecule has 1 aromatic carbocycles. The Morgan fingerprint density at radius 2 is 1.69 bits per heavy atom. The molecular formula is C25H35ClN6O3. The molecule has 1 aromatic heterocycles. The van der Waals surface area contributed by atoms with E-state index in [1.165, 1.54) is 38.3 Å². The van der Waals surface area contributed by atoms with Crippen molar-refractivity contribution in [1.82, 2.24) is 15.3 Å². The van der Waals surface area contributed by atoms with Gasteiger partial charge in [0.1, 0.15) is 17.3 Å². The Kier molecular flexibility index (Phi) is 8.05. The number of aromatic nitrogens is 2. The largest absolute Gasteiger partial charge is 0.495 e. The molecule has 0 radical (unpaired) electrons. The fraction of sp³-hybridized carbons (Fsp3) is 0.560. The van der Waals surface area contributed by atoms with Crippen molar-refractivity contribution in [3.63, 3.8) is 0 Å². The number of ether oxygens (including phenoxy) is 2. The van der Waals surface area contributed by atoms with Gasteiger partial charge < -0.3 is 30.3 Å². The highest BCUT2D eigenvalue weighted by Gasteiger charge is 2.25. The van der Waals surface area contributed by atoms with Crippen molar-refractivity contribution in [3.8, 4) is 11.5 Å². The van der Waals surface area contributed by atoms with Gasteiger partial charge in [0.2, 0.25) is 5.95 Å². The van der Waals surface area contributed by atoms with Crippen LogP contribution in [0, 0.1) is 0 Å². The first-order valence-electron chi connectivity index (χ1n) is 12.2. The average molecular weight is 503 g/mol. The summed E-state index contributed by atoms with van der Waals surface area (Å²) in [4.78, 5) is 24.4. The fourth-order valence-electron chi connectivity index (χ4n) is 4.87. The van der Waals surface area contributed by atoms with E-state index in [-0.39, 0.29) is 18.1 Å². The van der Waals surface area contributed by atoms with Gasteiger partial charge in [0.25, 0.3) is 0 Å². The van der Waals surface area contributed by atoms with Crippen LogP contribution in [0.1, 0.15) is 49.8 Å². The molecular weight excluding hydrogens is 468 g/mol. The number of aryl methyl sites for hydroxylation is 1. The lowest BCUT2D eigenvalue weighted by atomic mass is 9.91. The second-order valence-corrected chi connectivity index (χ2v) is 9.78. The van der Waals surface area contributed by atoms with E-state index in [1.807, 2.05) is 14.1 Å². The van der Waals surface area contributed by atoms with Crippen LogP contribution in [0.2, 0.25) is 5.02 Å². The normalized spacial score (nSPS) is 19.3. The summed E-state index contributed by atoms with van der Waals surface area (Å²) in [5.41, 5.74) is 2.96. The van der Waals surface area contributed by atoms with Gasteiger partial charge in [0, 0.05) is 37.8 Å². The van der Waals surface area contributed by atoms with Crippen LogP contribution < -0.4 is 30.3 Å². The molecule has 4 rings (SSSR count). The van der Waals surface area contributed by atoms with Gasteiger partial charge in [0.15, 0.2) is 0 Å². The molecule has 0 aliphatic heterocycles. The summed E-state index contributed by atoms with van der Waals surface area (Å²) in [5, 5.41) is 9.86. The maximum absolute atomic E-state index is 12.6. The Hall–Kier alpha value is -2.94. The van der Waals surface area contributed by atoms with E-state index in [0.29, 0.717) is 28.2 Å². The SMILES string of the molecule is COc1cc(OC)c(NC(=O)NC2CCC(Nc3nc4c(c(N(C)C)n3)CCCC4)CC2)cc1Cl. The molecule has 3 N–H and O–H groups in total. The second-order valence-electron chi connectivity index (χ2n) is 9.38. The number of methoxy groups -OCH3 is 2. The van der Waals surface area contributed by atoms with Crippen molar-refractivity contribution < 1.29 is 14.3 Å². The predicted octanol–water partition coefficient (Wildman–Crippen LogP) is 4.64. The number of nitrogens with zero attached hydrogens (tertiary/aromatic N) is 3. The van der Waals surface area contributed by atoms with Crippen molar-refractivity contribution in [2.45, 2.75) is 63.5 Å². The topological polar surface area (TPSA) is 101 Å². The quantitative estimate of drug-likeness (QED) is 0.507. The summed E-state index contributed by atoms with van der Waals surface area (Å²) in [6.07, 6.45) is 8.06. The number of fused-ring (bicyclic) bond motifs is 1. The van der Waals surface area contributed by atoms with E-state index in [0.717, 1.165) is 44.3 Å². The molecule has 2 aromatic rings. The molecule has 1 fully saturated rings. The second kappa shape index (κ2) is 11.2. The Morgan fingerprint density at radius 3 is 2.37 bits per heavy atom. The van der Waals surface area contributed by atoms with Gasteiger partial charge >= 0.3 is 6.03 Å². The van der Waals surface area contributed by atoms with E-state index < -0.39 is 0 Å². The molecule has 1 heterocycles. The van der Waals surface area contributed by atoms with Crippen LogP contribution in [0.3, 0.4) is 0 Å². The lowest BCUT2D eigenvalue weighted by Crippen LogP contribution is -2.42. The van der Waals surface area contributed by atoms with Gasteiger partial charge in [-0.05, 0) is 57.4 Å². The number of urea groups is 1. The van der Waals surface area contributed by atoms with Crippen LogP contribution in [0.25, 0.3) is 0 Å². The molecule has 2 aliphatic rings. The first-order chi connectivity index (χ1) is 16.9. The third-order valence-corrected chi connectivity index (χ3v) is 7.00. The Balaban J connectivity index is 1.31. The zero-order valence-corrected chi connectivity index (χ0v) is 21.7. The highest BCUT2D eigenvalue weighted by atomic mass is 35.5. The van der Waals surface area contributed by atoms with Crippen molar-refractivity contribution in [1.29, 1.82) is 0 Å². The molecule has 10 heteroatoms. The van der Waals surface area contributed by atoms with Gasteiger partial charge in [-0.2, -0.15) is 4.98 Å². The van der Waals surface area contributed by atoms with E-state index in [2.05, 4.69) is 20.9 Å². The number of hydrogen-bond acceptors (Lipinski definition) is 7. The number of amides is 2. The average Bonchev–Trinajstić information content (AvgIpc) is 2.85. The summed E-state index contributed by atoms with van der Waals surface area (Å²) in [6, 6.07) is 3.37. The number of carbonyl (C=O) groups excluding carboxylic acids is 1. The molecule has 2 amide bonds. The lowest BCUT2D eigenvalue weighted by Gasteiger charge is -2.30. The molecule has 0 bridgehead atoms. The maximum atomic E-state index is 12.6. The standard InChI is InChI=1S/C25H35ClN6O3/c1-32(2)23-17-7-5-6-8-19(17)29-24(31-23)27-15-9-11-16(12-10-15)28-25(33)30-20-13-18(26)21(34-3)14-22(20)35-4/h13-16H,5-12H2,1-4H3,(H,27,29,31)(H2,28,30,33). The third-order valence-electron chi connectivity index (χ3n) is 6.70. The van der Waals surface area contributed by atoms with E-state index in [1.54, 1.807) is 12.1 Å². The summed E-state index contributed by atoms with van der Waals surface area (Å²) in [6.45, 7) is 0. The highest BCUT2D eigenvalue weighted by molar-refractivity contribution is 6.32. The van der Waals surface area contributed by atoms with E-state index in [4.69, 9.17) is 31.0 Å². The zero-order valence-electron chi connectivity index (χ0n) is 20.9. The number of benzene rings is 1. The van der Waals surface area contributed by atoms with Gasteiger partial charge in [-0.15, -0.1) is 0 Å². The van der Waals surface area contributed by atoms with Crippen molar-refractivity contribution in [2.24, 2.45) is 0 Å².